The van der Waals surface area contributed by atoms with E-state index in [1.165, 1.54) is 23.8 Å². The minimum Gasteiger partial charge on any atom is -0.346 e. The third-order valence-corrected chi connectivity index (χ3v) is 4.38. The van der Waals surface area contributed by atoms with Crippen molar-refractivity contribution in [3.63, 3.8) is 0 Å². The van der Waals surface area contributed by atoms with Crippen molar-refractivity contribution in [3.05, 3.63) is 30.1 Å². The highest BCUT2D eigenvalue weighted by Crippen LogP contribution is 2.26. The molecule has 3 N–H and O–H groups in total. The first-order valence-corrected chi connectivity index (χ1v) is 7.14. The van der Waals surface area contributed by atoms with Crippen LogP contribution in [-0.2, 0) is 6.54 Å². The molecule has 2 atom stereocenters. The van der Waals surface area contributed by atoms with Gasteiger partial charge < -0.3 is 10.7 Å². The highest BCUT2D eigenvalue weighted by atomic mass is 15.2. The predicted octanol–water partition coefficient (Wildman–Crippen LogP) is 2.12. The Morgan fingerprint density at radius 3 is 3.26 bits per heavy atom. The quantitative estimate of drug-likeness (QED) is 0.886. The van der Waals surface area contributed by atoms with Crippen molar-refractivity contribution >= 4 is 11.0 Å². The summed E-state index contributed by atoms with van der Waals surface area (Å²) in [4.78, 5) is 10.1. The van der Waals surface area contributed by atoms with Gasteiger partial charge in [0.1, 0.15) is 5.65 Å². The molecule has 1 aliphatic heterocycles. The van der Waals surface area contributed by atoms with Crippen molar-refractivity contribution in [2.24, 2.45) is 11.7 Å². The van der Waals surface area contributed by atoms with Gasteiger partial charge in [0.05, 0.1) is 0 Å². The lowest BCUT2D eigenvalue weighted by atomic mass is 9.90. The fourth-order valence-corrected chi connectivity index (χ4v) is 3.27. The van der Waals surface area contributed by atoms with Crippen LogP contribution in [0.5, 0.6) is 0 Å². The first kappa shape index (κ1) is 12.6. The van der Waals surface area contributed by atoms with Crippen molar-refractivity contribution in [3.8, 4) is 0 Å². The normalized spacial score (nSPS) is 24.9. The van der Waals surface area contributed by atoms with Gasteiger partial charge in [-0.05, 0) is 43.0 Å². The number of hydrogen-bond donors (Lipinski definition) is 2. The van der Waals surface area contributed by atoms with Gasteiger partial charge in [-0.2, -0.15) is 0 Å². The molecule has 3 heterocycles. The van der Waals surface area contributed by atoms with Gasteiger partial charge in [0, 0.05) is 36.9 Å². The molecule has 0 aliphatic carbocycles. The number of likely N-dealkylation sites (tertiary alicyclic amines) is 1. The van der Waals surface area contributed by atoms with Gasteiger partial charge >= 0.3 is 0 Å². The van der Waals surface area contributed by atoms with Crippen molar-refractivity contribution in [2.75, 3.05) is 13.1 Å². The zero-order chi connectivity index (χ0) is 13.2. The average Bonchev–Trinajstić information content (AvgIpc) is 2.83. The smallest absolute Gasteiger partial charge is 0.137 e. The lowest BCUT2D eigenvalue weighted by molar-refractivity contribution is 0.0995. The molecule has 0 aromatic carbocycles. The van der Waals surface area contributed by atoms with Crippen LogP contribution in [0.4, 0.5) is 0 Å². The summed E-state index contributed by atoms with van der Waals surface area (Å²) >= 11 is 0. The van der Waals surface area contributed by atoms with Crippen LogP contribution in [0.1, 0.15) is 25.3 Å². The van der Waals surface area contributed by atoms with E-state index >= 15 is 0 Å². The molecule has 0 bridgehead atoms. The zero-order valence-electron chi connectivity index (χ0n) is 11.5. The van der Waals surface area contributed by atoms with E-state index in [1.807, 2.05) is 12.3 Å². The molecule has 3 rings (SSSR count). The summed E-state index contributed by atoms with van der Waals surface area (Å²) in [7, 11) is 0. The molecule has 19 heavy (non-hydrogen) atoms. The van der Waals surface area contributed by atoms with Crippen molar-refractivity contribution in [2.45, 2.75) is 32.4 Å². The van der Waals surface area contributed by atoms with E-state index < -0.39 is 0 Å². The molecule has 1 aliphatic rings. The fourth-order valence-electron chi connectivity index (χ4n) is 3.27. The summed E-state index contributed by atoms with van der Waals surface area (Å²) in [6, 6.07) is 4.65. The van der Waals surface area contributed by atoms with Crippen LogP contribution < -0.4 is 5.73 Å². The van der Waals surface area contributed by atoms with Gasteiger partial charge in [0.2, 0.25) is 0 Å². The first-order valence-electron chi connectivity index (χ1n) is 7.14. The van der Waals surface area contributed by atoms with Gasteiger partial charge in [-0.3, -0.25) is 4.90 Å². The molecule has 4 heteroatoms. The first-order chi connectivity index (χ1) is 9.29. The Balaban J connectivity index is 1.83. The SMILES string of the molecule is CC1CCCN(Cc2c[nH]c3ncccc23)C1CN. The lowest BCUT2D eigenvalue weighted by Crippen LogP contribution is -2.47. The molecule has 2 aromatic heterocycles. The second-order valence-corrected chi connectivity index (χ2v) is 5.61. The number of nitrogens with one attached hydrogen (secondary N) is 1. The Kier molecular flexibility index (Phi) is 3.53. The van der Waals surface area contributed by atoms with E-state index in [0.717, 1.165) is 25.3 Å². The lowest BCUT2D eigenvalue weighted by Gasteiger charge is -2.39. The Morgan fingerprint density at radius 2 is 2.42 bits per heavy atom. The third-order valence-electron chi connectivity index (χ3n) is 4.38. The highest BCUT2D eigenvalue weighted by Gasteiger charge is 2.27. The molecule has 1 saturated heterocycles. The number of hydrogen-bond acceptors (Lipinski definition) is 3. The maximum atomic E-state index is 5.96. The molecule has 0 spiro atoms. The maximum Gasteiger partial charge on any atom is 0.137 e. The molecule has 0 saturated carbocycles. The number of nitrogens with two attached hydrogens (primary N) is 1. The number of fused-ring (bicyclic) bond motifs is 1. The number of piperidine rings is 1. The average molecular weight is 258 g/mol. The van der Waals surface area contributed by atoms with Crippen LogP contribution in [0.3, 0.4) is 0 Å². The van der Waals surface area contributed by atoms with Gasteiger partial charge in [-0.1, -0.05) is 6.92 Å². The number of aromatic nitrogens is 2. The fraction of sp³-hybridized carbons (Fsp3) is 0.533. The molecule has 4 nitrogen and oxygen atoms in total. The Hall–Kier alpha value is -1.39. The molecular weight excluding hydrogens is 236 g/mol. The van der Waals surface area contributed by atoms with Crippen molar-refractivity contribution in [1.82, 2.24) is 14.9 Å². The Morgan fingerprint density at radius 1 is 1.53 bits per heavy atom. The largest absolute Gasteiger partial charge is 0.346 e. The summed E-state index contributed by atoms with van der Waals surface area (Å²) in [6.07, 6.45) is 6.49. The van der Waals surface area contributed by atoms with Crippen LogP contribution in [0.15, 0.2) is 24.5 Å². The van der Waals surface area contributed by atoms with Gasteiger partial charge in [0.15, 0.2) is 0 Å². The number of rotatable bonds is 3. The van der Waals surface area contributed by atoms with Crippen LogP contribution in [-0.4, -0.2) is 34.0 Å². The standard InChI is InChI=1S/C15H22N4/c1-11-4-3-7-19(14(11)8-16)10-12-9-18-15-13(12)5-2-6-17-15/h2,5-6,9,11,14H,3-4,7-8,10,16H2,1H3,(H,17,18). The molecular formula is C15H22N4. The third kappa shape index (κ3) is 2.38. The van der Waals surface area contributed by atoms with Crippen LogP contribution in [0.2, 0.25) is 0 Å². The van der Waals surface area contributed by atoms with Crippen LogP contribution in [0, 0.1) is 5.92 Å². The second kappa shape index (κ2) is 5.31. The van der Waals surface area contributed by atoms with Gasteiger partial charge in [-0.15, -0.1) is 0 Å². The molecule has 0 radical (unpaired) electrons. The summed E-state index contributed by atoms with van der Waals surface area (Å²) in [6.45, 7) is 5.19. The summed E-state index contributed by atoms with van der Waals surface area (Å²) in [5.41, 5.74) is 8.27. The molecule has 102 valence electrons. The number of aromatic amines is 1. The number of pyridine rings is 1. The van der Waals surface area contributed by atoms with Crippen molar-refractivity contribution < 1.29 is 0 Å². The van der Waals surface area contributed by atoms with Crippen LogP contribution >= 0.6 is 0 Å². The minimum atomic E-state index is 0.510. The minimum absolute atomic E-state index is 0.510. The van der Waals surface area contributed by atoms with E-state index in [9.17, 15) is 0 Å². The Bertz CT molecular complexity index is 548. The summed E-state index contributed by atoms with van der Waals surface area (Å²) in [5.74, 6) is 0.696. The molecule has 1 fully saturated rings. The number of nitrogens with zero attached hydrogens (tertiary/aromatic N) is 2. The second-order valence-electron chi connectivity index (χ2n) is 5.61. The molecule has 0 amide bonds. The van der Waals surface area contributed by atoms with E-state index in [2.05, 4.69) is 34.1 Å². The summed E-state index contributed by atoms with van der Waals surface area (Å²) in [5, 5.41) is 1.23. The summed E-state index contributed by atoms with van der Waals surface area (Å²) < 4.78 is 0. The van der Waals surface area contributed by atoms with E-state index in [4.69, 9.17) is 5.73 Å². The van der Waals surface area contributed by atoms with Gasteiger partial charge in [-0.25, -0.2) is 4.98 Å². The number of H-pyrrole nitrogens is 1. The molecule has 2 unspecified atom stereocenters. The van der Waals surface area contributed by atoms with Gasteiger partial charge in [0.25, 0.3) is 0 Å². The van der Waals surface area contributed by atoms with E-state index in [-0.39, 0.29) is 0 Å². The molecule has 2 aromatic rings. The van der Waals surface area contributed by atoms with E-state index in [0.29, 0.717) is 12.0 Å². The zero-order valence-corrected chi connectivity index (χ0v) is 11.5. The Labute approximate surface area is 114 Å². The van der Waals surface area contributed by atoms with Crippen LogP contribution in [0.25, 0.3) is 11.0 Å². The topological polar surface area (TPSA) is 57.9 Å². The monoisotopic (exact) mass is 258 g/mol. The maximum absolute atomic E-state index is 5.96. The van der Waals surface area contributed by atoms with Crippen molar-refractivity contribution in [1.29, 1.82) is 0 Å². The highest BCUT2D eigenvalue weighted by molar-refractivity contribution is 5.79. The predicted molar refractivity (Wildman–Crippen MR) is 77.7 cm³/mol. The van der Waals surface area contributed by atoms with E-state index in [1.54, 1.807) is 0 Å².